The highest BCUT2D eigenvalue weighted by Gasteiger charge is 2.22. The molecule has 4 nitrogen and oxygen atoms in total. The second-order valence-electron chi connectivity index (χ2n) is 7.42. The maximum atomic E-state index is 5.98. The zero-order valence-electron chi connectivity index (χ0n) is 16.7. The lowest BCUT2D eigenvalue weighted by Crippen LogP contribution is -2.46. The molecule has 26 heavy (non-hydrogen) atoms. The Labute approximate surface area is 158 Å². The van der Waals surface area contributed by atoms with Gasteiger partial charge in [0.15, 0.2) is 0 Å². The fraction of sp³-hybridized carbons (Fsp3) is 0.500. The molecule has 0 saturated heterocycles. The fourth-order valence-corrected chi connectivity index (χ4v) is 3.07. The Bertz CT molecular complexity index is 685. The Morgan fingerprint density at radius 3 is 2.62 bits per heavy atom. The summed E-state index contributed by atoms with van der Waals surface area (Å²) in [4.78, 5) is 4.60. The lowest BCUT2D eigenvalue weighted by molar-refractivity contribution is 0.343. The standard InChI is InChI=1S/C22H34N4/c1-5-17(3)18-11-12-24-19(15-18)16-22(4,6-2)26-14-13-25-21-10-8-7-9-20(21)23/h7-12,15,17,25-26H,5-6,13-14,16,23H2,1-4H3. The van der Waals surface area contributed by atoms with Gasteiger partial charge in [0.2, 0.25) is 0 Å². The quantitative estimate of drug-likeness (QED) is 0.431. The molecule has 2 atom stereocenters. The van der Waals surface area contributed by atoms with Crippen LogP contribution < -0.4 is 16.4 Å². The highest BCUT2D eigenvalue weighted by Crippen LogP contribution is 2.22. The fourth-order valence-electron chi connectivity index (χ4n) is 3.07. The van der Waals surface area contributed by atoms with Crippen LogP contribution in [0.2, 0.25) is 0 Å². The van der Waals surface area contributed by atoms with Crippen LogP contribution in [-0.4, -0.2) is 23.6 Å². The summed E-state index contributed by atoms with van der Waals surface area (Å²) in [5, 5.41) is 7.11. The summed E-state index contributed by atoms with van der Waals surface area (Å²) < 4.78 is 0. The first-order valence-electron chi connectivity index (χ1n) is 9.75. The largest absolute Gasteiger partial charge is 0.397 e. The molecule has 1 heterocycles. The average Bonchev–Trinajstić information content (AvgIpc) is 2.66. The number of pyridine rings is 1. The van der Waals surface area contributed by atoms with Crippen LogP contribution in [0.5, 0.6) is 0 Å². The van der Waals surface area contributed by atoms with E-state index in [1.165, 1.54) is 11.3 Å². The molecule has 2 rings (SSSR count). The average molecular weight is 355 g/mol. The highest BCUT2D eigenvalue weighted by molar-refractivity contribution is 5.65. The van der Waals surface area contributed by atoms with Crippen molar-refractivity contribution in [1.82, 2.24) is 10.3 Å². The molecule has 2 unspecified atom stereocenters. The Morgan fingerprint density at radius 1 is 1.15 bits per heavy atom. The number of hydrogen-bond donors (Lipinski definition) is 3. The summed E-state index contributed by atoms with van der Waals surface area (Å²) in [6.07, 6.45) is 5.09. The highest BCUT2D eigenvalue weighted by atomic mass is 15.0. The summed E-state index contributed by atoms with van der Waals surface area (Å²) in [5.41, 5.74) is 10.3. The van der Waals surface area contributed by atoms with Crippen molar-refractivity contribution in [3.8, 4) is 0 Å². The SMILES string of the molecule is CCC(C)c1ccnc(CC(C)(CC)NCCNc2ccccc2N)c1. The summed E-state index contributed by atoms with van der Waals surface area (Å²) in [6, 6.07) is 12.3. The van der Waals surface area contributed by atoms with E-state index in [1.54, 1.807) is 0 Å². The van der Waals surface area contributed by atoms with E-state index in [0.29, 0.717) is 5.92 Å². The van der Waals surface area contributed by atoms with Gasteiger partial charge in [0.05, 0.1) is 11.4 Å². The molecule has 0 aliphatic heterocycles. The molecule has 0 amide bonds. The number of nitrogen functional groups attached to an aromatic ring is 1. The first-order chi connectivity index (χ1) is 12.5. The van der Waals surface area contributed by atoms with Crippen molar-refractivity contribution >= 4 is 11.4 Å². The first-order valence-corrected chi connectivity index (χ1v) is 9.75. The van der Waals surface area contributed by atoms with E-state index in [0.717, 1.165) is 43.7 Å². The van der Waals surface area contributed by atoms with Gasteiger partial charge in [-0.3, -0.25) is 4.98 Å². The molecule has 0 fully saturated rings. The van der Waals surface area contributed by atoms with Gasteiger partial charge in [0.25, 0.3) is 0 Å². The van der Waals surface area contributed by atoms with Crippen molar-refractivity contribution in [2.24, 2.45) is 0 Å². The number of nitrogens with zero attached hydrogens (tertiary/aromatic N) is 1. The lowest BCUT2D eigenvalue weighted by atomic mass is 9.90. The molecular formula is C22H34N4. The van der Waals surface area contributed by atoms with Gasteiger partial charge < -0.3 is 16.4 Å². The van der Waals surface area contributed by atoms with E-state index in [-0.39, 0.29) is 5.54 Å². The Kier molecular flexibility index (Phi) is 7.46. The molecule has 4 heteroatoms. The molecule has 0 aliphatic carbocycles. The van der Waals surface area contributed by atoms with Gasteiger partial charge in [-0.15, -0.1) is 0 Å². The van der Waals surface area contributed by atoms with Crippen LogP contribution >= 0.6 is 0 Å². The van der Waals surface area contributed by atoms with Crippen molar-refractivity contribution in [3.63, 3.8) is 0 Å². The minimum atomic E-state index is 0.0327. The zero-order valence-corrected chi connectivity index (χ0v) is 16.7. The smallest absolute Gasteiger partial charge is 0.0574 e. The van der Waals surface area contributed by atoms with Crippen molar-refractivity contribution in [2.45, 2.75) is 58.4 Å². The van der Waals surface area contributed by atoms with Crippen LogP contribution in [0.4, 0.5) is 11.4 Å². The van der Waals surface area contributed by atoms with Crippen LogP contribution in [0.3, 0.4) is 0 Å². The number of anilines is 2. The number of hydrogen-bond acceptors (Lipinski definition) is 4. The number of rotatable bonds is 10. The number of para-hydroxylation sites is 2. The number of nitrogens with one attached hydrogen (secondary N) is 2. The van der Waals surface area contributed by atoms with E-state index in [4.69, 9.17) is 5.73 Å². The second kappa shape index (κ2) is 9.58. The molecule has 1 aromatic heterocycles. The van der Waals surface area contributed by atoms with Gasteiger partial charge in [-0.1, -0.05) is 32.9 Å². The lowest BCUT2D eigenvalue weighted by Gasteiger charge is -2.30. The number of nitrogens with two attached hydrogens (primary N) is 1. The van der Waals surface area contributed by atoms with E-state index >= 15 is 0 Å². The van der Waals surface area contributed by atoms with Gasteiger partial charge in [0, 0.05) is 36.9 Å². The Morgan fingerprint density at radius 2 is 1.92 bits per heavy atom. The predicted octanol–water partition coefficient (Wildman–Crippen LogP) is 4.59. The van der Waals surface area contributed by atoms with E-state index in [2.05, 4.69) is 55.4 Å². The van der Waals surface area contributed by atoms with Crippen molar-refractivity contribution in [2.75, 3.05) is 24.1 Å². The van der Waals surface area contributed by atoms with Gasteiger partial charge in [0.1, 0.15) is 0 Å². The number of benzene rings is 1. The summed E-state index contributed by atoms with van der Waals surface area (Å²) in [7, 11) is 0. The molecule has 2 aromatic rings. The van der Waals surface area contributed by atoms with E-state index in [1.807, 2.05) is 30.5 Å². The first kappa shape index (κ1) is 20.2. The normalized spacial score (nSPS) is 14.6. The molecule has 4 N–H and O–H groups in total. The molecular weight excluding hydrogens is 320 g/mol. The minimum absolute atomic E-state index is 0.0327. The van der Waals surface area contributed by atoms with Crippen LogP contribution in [0.15, 0.2) is 42.6 Å². The second-order valence-corrected chi connectivity index (χ2v) is 7.42. The molecule has 0 spiro atoms. The van der Waals surface area contributed by atoms with Gasteiger partial charge >= 0.3 is 0 Å². The summed E-state index contributed by atoms with van der Waals surface area (Å²) >= 11 is 0. The van der Waals surface area contributed by atoms with Crippen LogP contribution in [0.25, 0.3) is 0 Å². The predicted molar refractivity (Wildman–Crippen MR) is 113 cm³/mol. The number of aromatic nitrogens is 1. The van der Waals surface area contributed by atoms with Gasteiger partial charge in [-0.2, -0.15) is 0 Å². The third-order valence-electron chi connectivity index (χ3n) is 5.33. The minimum Gasteiger partial charge on any atom is -0.397 e. The van der Waals surface area contributed by atoms with Crippen LogP contribution in [0, 0.1) is 0 Å². The van der Waals surface area contributed by atoms with Crippen LogP contribution in [0.1, 0.15) is 57.7 Å². The molecule has 0 aliphatic rings. The van der Waals surface area contributed by atoms with Crippen LogP contribution in [-0.2, 0) is 6.42 Å². The monoisotopic (exact) mass is 354 g/mol. The summed E-state index contributed by atoms with van der Waals surface area (Å²) in [6.45, 7) is 10.7. The van der Waals surface area contributed by atoms with Crippen molar-refractivity contribution < 1.29 is 0 Å². The Hall–Kier alpha value is -2.07. The van der Waals surface area contributed by atoms with E-state index < -0.39 is 0 Å². The third kappa shape index (κ3) is 5.73. The summed E-state index contributed by atoms with van der Waals surface area (Å²) in [5.74, 6) is 0.582. The molecule has 0 saturated carbocycles. The third-order valence-corrected chi connectivity index (χ3v) is 5.33. The van der Waals surface area contributed by atoms with Gasteiger partial charge in [-0.25, -0.2) is 0 Å². The maximum absolute atomic E-state index is 5.98. The molecule has 0 bridgehead atoms. The molecule has 0 radical (unpaired) electrons. The van der Waals surface area contributed by atoms with E-state index in [9.17, 15) is 0 Å². The Balaban J connectivity index is 1.90. The van der Waals surface area contributed by atoms with Crippen molar-refractivity contribution in [1.29, 1.82) is 0 Å². The topological polar surface area (TPSA) is 63.0 Å². The van der Waals surface area contributed by atoms with Crippen molar-refractivity contribution in [3.05, 3.63) is 53.9 Å². The molecule has 1 aromatic carbocycles. The molecule has 142 valence electrons. The maximum Gasteiger partial charge on any atom is 0.0574 e. The van der Waals surface area contributed by atoms with Gasteiger partial charge in [-0.05, 0) is 55.5 Å². The zero-order chi connectivity index (χ0) is 19.0.